The molecule has 156 valence electrons. The second-order valence-corrected chi connectivity index (χ2v) is 9.93. The minimum Gasteiger partial charge on any atom is -0.339 e. The Kier molecular flexibility index (Phi) is 7.38. The number of rotatable bonds is 6. The van der Waals surface area contributed by atoms with Crippen LogP contribution in [-0.2, 0) is 16.6 Å². The molecule has 2 aromatic carbocycles. The van der Waals surface area contributed by atoms with Gasteiger partial charge in [-0.3, -0.25) is 4.79 Å². The van der Waals surface area contributed by atoms with Gasteiger partial charge in [-0.25, -0.2) is 13.1 Å². The number of carbonyl (C=O) groups excluding carboxylic acids is 1. The molecule has 0 saturated carbocycles. The van der Waals surface area contributed by atoms with Gasteiger partial charge in [0.2, 0.25) is 10.0 Å². The van der Waals surface area contributed by atoms with Gasteiger partial charge in [0.05, 0.1) is 10.5 Å². The highest BCUT2D eigenvalue weighted by atomic mass is 32.2. The minimum absolute atomic E-state index is 0.0767. The van der Waals surface area contributed by atoms with Crippen LogP contribution in [0.4, 0.5) is 0 Å². The maximum atomic E-state index is 13.1. The Morgan fingerprint density at radius 2 is 1.76 bits per heavy atom. The predicted octanol–water partition coefficient (Wildman–Crippen LogP) is 4.21. The number of likely N-dealkylation sites (tertiary alicyclic amines) is 1. The third-order valence-electron chi connectivity index (χ3n) is 5.32. The molecule has 5 nitrogen and oxygen atoms in total. The molecule has 3 rings (SSSR count). The molecule has 0 bridgehead atoms. The summed E-state index contributed by atoms with van der Waals surface area (Å²) >= 11 is 1.46. The number of amides is 1. The molecule has 0 radical (unpaired) electrons. The summed E-state index contributed by atoms with van der Waals surface area (Å²) in [7, 11) is -3.72. The molecule has 1 aliphatic rings. The van der Waals surface area contributed by atoms with Crippen molar-refractivity contribution < 1.29 is 13.2 Å². The van der Waals surface area contributed by atoms with E-state index in [4.69, 9.17) is 0 Å². The van der Waals surface area contributed by atoms with E-state index in [-0.39, 0.29) is 17.3 Å². The monoisotopic (exact) mass is 432 g/mol. The van der Waals surface area contributed by atoms with Crippen LogP contribution in [-0.4, -0.2) is 38.6 Å². The molecule has 1 fully saturated rings. The maximum Gasteiger partial charge on any atom is 0.255 e. The first-order valence-corrected chi connectivity index (χ1v) is 12.6. The highest BCUT2D eigenvalue weighted by Crippen LogP contribution is 2.26. The number of benzene rings is 2. The fourth-order valence-corrected chi connectivity index (χ4v) is 5.13. The molecule has 1 amide bonds. The van der Waals surface area contributed by atoms with Gasteiger partial charge in [-0.1, -0.05) is 37.1 Å². The second-order valence-electron chi connectivity index (χ2n) is 7.32. The number of aryl methyl sites for hydroxylation is 1. The Morgan fingerprint density at radius 1 is 1.07 bits per heavy atom. The van der Waals surface area contributed by atoms with E-state index < -0.39 is 10.0 Å². The molecule has 2 aromatic rings. The predicted molar refractivity (Wildman–Crippen MR) is 118 cm³/mol. The molecule has 1 heterocycles. The van der Waals surface area contributed by atoms with E-state index in [1.165, 1.54) is 17.8 Å². The first-order chi connectivity index (χ1) is 13.9. The van der Waals surface area contributed by atoms with E-state index in [1.54, 1.807) is 12.1 Å². The largest absolute Gasteiger partial charge is 0.339 e. The first kappa shape index (κ1) is 21.9. The van der Waals surface area contributed by atoms with Gasteiger partial charge in [-0.15, -0.1) is 11.8 Å². The smallest absolute Gasteiger partial charge is 0.255 e. The Morgan fingerprint density at radius 3 is 2.41 bits per heavy atom. The summed E-state index contributed by atoms with van der Waals surface area (Å²) in [6.07, 6.45) is 6.17. The van der Waals surface area contributed by atoms with Crippen LogP contribution in [0.2, 0.25) is 0 Å². The summed E-state index contributed by atoms with van der Waals surface area (Å²) in [6, 6.07) is 12.5. The fraction of sp³-hybridized carbons (Fsp3) is 0.409. The maximum absolute atomic E-state index is 13.1. The number of nitrogens with zero attached hydrogens (tertiary/aromatic N) is 1. The molecule has 0 unspecified atom stereocenters. The summed E-state index contributed by atoms with van der Waals surface area (Å²) in [5.41, 5.74) is 2.43. The third-order valence-corrected chi connectivity index (χ3v) is 7.51. The lowest BCUT2D eigenvalue weighted by atomic mass is 10.1. The van der Waals surface area contributed by atoms with Gasteiger partial charge in [-0.2, -0.15) is 0 Å². The van der Waals surface area contributed by atoms with Crippen LogP contribution in [0.3, 0.4) is 0 Å². The van der Waals surface area contributed by atoms with E-state index in [9.17, 15) is 13.2 Å². The van der Waals surface area contributed by atoms with Crippen molar-refractivity contribution >= 4 is 27.7 Å². The Labute approximate surface area is 177 Å². The molecule has 0 aromatic heterocycles. The highest BCUT2D eigenvalue weighted by molar-refractivity contribution is 7.98. The summed E-state index contributed by atoms with van der Waals surface area (Å²) in [5.74, 6) is -0.0767. The van der Waals surface area contributed by atoms with Crippen molar-refractivity contribution in [1.29, 1.82) is 0 Å². The van der Waals surface area contributed by atoms with Crippen LogP contribution < -0.4 is 4.72 Å². The number of thioether (sulfide) groups is 1. The summed E-state index contributed by atoms with van der Waals surface area (Å²) in [5, 5.41) is 0. The van der Waals surface area contributed by atoms with Gasteiger partial charge in [0, 0.05) is 24.5 Å². The van der Waals surface area contributed by atoms with E-state index in [0.717, 1.165) is 54.8 Å². The van der Waals surface area contributed by atoms with Crippen molar-refractivity contribution in [3.8, 4) is 0 Å². The molecular weight excluding hydrogens is 404 g/mol. The average Bonchev–Trinajstić information content (AvgIpc) is 3.02. The third kappa shape index (κ3) is 5.41. The molecular formula is C22H28N2O3S2. The molecule has 1 aliphatic heterocycles. The number of hydrogen-bond acceptors (Lipinski definition) is 4. The Hall–Kier alpha value is -1.83. The number of hydrogen-bond donors (Lipinski definition) is 1. The fourth-order valence-electron chi connectivity index (χ4n) is 3.53. The van der Waals surface area contributed by atoms with Crippen molar-refractivity contribution in [1.82, 2.24) is 9.62 Å². The molecule has 1 N–H and O–H groups in total. The molecule has 0 spiro atoms. The summed E-state index contributed by atoms with van der Waals surface area (Å²) in [6.45, 7) is 3.63. The Balaban J connectivity index is 1.84. The van der Waals surface area contributed by atoms with Gasteiger partial charge in [0.1, 0.15) is 0 Å². The van der Waals surface area contributed by atoms with Crippen molar-refractivity contribution in [2.24, 2.45) is 0 Å². The molecule has 0 aliphatic carbocycles. The van der Waals surface area contributed by atoms with Crippen LogP contribution in [0.1, 0.15) is 47.2 Å². The number of nitrogens with one attached hydrogen (secondary N) is 1. The quantitative estimate of drug-likeness (QED) is 0.695. The first-order valence-electron chi connectivity index (χ1n) is 9.94. The van der Waals surface area contributed by atoms with Crippen molar-refractivity contribution in [2.45, 2.75) is 48.9 Å². The Bertz CT molecular complexity index is 966. The van der Waals surface area contributed by atoms with Crippen molar-refractivity contribution in [3.63, 3.8) is 0 Å². The van der Waals surface area contributed by atoms with Gasteiger partial charge >= 0.3 is 0 Å². The lowest BCUT2D eigenvalue weighted by Crippen LogP contribution is -2.32. The zero-order valence-electron chi connectivity index (χ0n) is 17.0. The molecule has 1 saturated heterocycles. The van der Waals surface area contributed by atoms with Crippen LogP contribution in [0.15, 0.2) is 52.3 Å². The van der Waals surface area contributed by atoms with Gasteiger partial charge < -0.3 is 4.90 Å². The molecule has 0 atom stereocenters. The average molecular weight is 433 g/mol. The number of sulfonamides is 1. The minimum atomic E-state index is -3.72. The van der Waals surface area contributed by atoms with E-state index in [2.05, 4.69) is 4.72 Å². The molecule has 7 heteroatoms. The number of carbonyl (C=O) groups is 1. The second kappa shape index (κ2) is 9.78. The van der Waals surface area contributed by atoms with Crippen molar-refractivity contribution in [2.75, 3.05) is 19.3 Å². The van der Waals surface area contributed by atoms with Crippen molar-refractivity contribution in [3.05, 3.63) is 59.2 Å². The van der Waals surface area contributed by atoms with E-state index >= 15 is 0 Å². The topological polar surface area (TPSA) is 66.5 Å². The van der Waals surface area contributed by atoms with Crippen LogP contribution in [0.5, 0.6) is 0 Å². The SMILES string of the molecule is CSc1ccc(S(=O)(=O)NCc2ccccc2C)cc1C(=O)N1CCCCCC1. The molecule has 29 heavy (non-hydrogen) atoms. The highest BCUT2D eigenvalue weighted by Gasteiger charge is 2.23. The van der Waals surface area contributed by atoms with E-state index in [0.29, 0.717) is 5.56 Å². The standard InChI is InChI=1S/C22H28N2O3S2/c1-17-9-5-6-10-18(17)16-23-29(26,27)19-11-12-21(28-2)20(15-19)22(25)24-13-7-3-4-8-14-24/h5-6,9-12,15,23H,3-4,7-8,13-14,16H2,1-2H3. The summed E-state index contributed by atoms with van der Waals surface area (Å²) < 4.78 is 28.4. The van der Waals surface area contributed by atoms with Crippen LogP contribution in [0, 0.1) is 6.92 Å². The zero-order chi connectivity index (χ0) is 20.9. The van der Waals surface area contributed by atoms with Crippen LogP contribution in [0.25, 0.3) is 0 Å². The zero-order valence-corrected chi connectivity index (χ0v) is 18.6. The lowest BCUT2D eigenvalue weighted by molar-refractivity contribution is 0.0758. The normalized spacial score (nSPS) is 15.2. The van der Waals surface area contributed by atoms with E-state index in [1.807, 2.05) is 42.3 Å². The summed E-state index contributed by atoms with van der Waals surface area (Å²) in [4.78, 5) is 15.9. The van der Waals surface area contributed by atoms with Gasteiger partial charge in [-0.05, 0) is 55.3 Å². The lowest BCUT2D eigenvalue weighted by Gasteiger charge is -2.22. The van der Waals surface area contributed by atoms with Gasteiger partial charge in [0.25, 0.3) is 5.91 Å². The van der Waals surface area contributed by atoms with Gasteiger partial charge in [0.15, 0.2) is 0 Å². The van der Waals surface area contributed by atoms with Crippen LogP contribution >= 0.6 is 11.8 Å².